The van der Waals surface area contributed by atoms with Gasteiger partial charge < -0.3 is 16.4 Å². The monoisotopic (exact) mass is 491 g/mol. The maximum atomic E-state index is 14.3. The molecule has 2 heterocycles. The summed E-state index contributed by atoms with van der Waals surface area (Å²) in [5.74, 6) is -0.492. The normalized spacial score (nSPS) is 11.9. The lowest BCUT2D eigenvalue weighted by Gasteiger charge is -2.19. The minimum atomic E-state index is -0.313. The van der Waals surface area contributed by atoms with Crippen LogP contribution in [0.15, 0.2) is 67.0 Å². The topological polar surface area (TPSA) is 92.9 Å². The number of rotatable bonds is 9. The van der Waals surface area contributed by atoms with E-state index in [-0.39, 0.29) is 17.8 Å². The number of nitrogens with two attached hydrogens (primary N) is 1. The Balaban J connectivity index is 1.59. The van der Waals surface area contributed by atoms with Crippen LogP contribution in [0.4, 0.5) is 10.1 Å². The third-order valence-electron chi connectivity index (χ3n) is 5.80. The van der Waals surface area contributed by atoms with E-state index >= 15 is 0 Å². The van der Waals surface area contributed by atoms with Gasteiger partial charge in [-0.1, -0.05) is 41.9 Å². The van der Waals surface area contributed by atoms with Crippen molar-refractivity contribution >= 4 is 34.1 Å². The molecule has 6 nitrogen and oxygen atoms in total. The van der Waals surface area contributed by atoms with Crippen molar-refractivity contribution in [2.45, 2.75) is 25.8 Å². The van der Waals surface area contributed by atoms with Crippen molar-refractivity contribution in [3.05, 3.63) is 89.1 Å². The quantitative estimate of drug-likeness (QED) is 0.260. The lowest BCUT2D eigenvalue weighted by atomic mass is 10.0. The Bertz CT molecular complexity index is 1330. The first-order valence-corrected chi connectivity index (χ1v) is 11.9. The van der Waals surface area contributed by atoms with Crippen LogP contribution in [0.3, 0.4) is 0 Å². The average molecular weight is 492 g/mol. The molecule has 0 aliphatic carbocycles. The van der Waals surface area contributed by atoms with Gasteiger partial charge in [-0.05, 0) is 56.1 Å². The van der Waals surface area contributed by atoms with E-state index < -0.39 is 0 Å². The van der Waals surface area contributed by atoms with Crippen LogP contribution < -0.4 is 16.4 Å². The Morgan fingerprint density at radius 3 is 2.60 bits per heavy atom. The van der Waals surface area contributed by atoms with Gasteiger partial charge in [-0.15, -0.1) is 0 Å². The molecule has 0 bridgehead atoms. The van der Waals surface area contributed by atoms with E-state index in [1.165, 1.54) is 6.07 Å². The summed E-state index contributed by atoms with van der Waals surface area (Å²) < 4.78 is 14.3. The van der Waals surface area contributed by atoms with Gasteiger partial charge in [0, 0.05) is 35.5 Å². The zero-order valence-electron chi connectivity index (χ0n) is 19.4. The maximum absolute atomic E-state index is 14.3. The number of carbonyl (C=O) groups is 1. The zero-order valence-corrected chi connectivity index (χ0v) is 20.1. The first-order chi connectivity index (χ1) is 17.0. The van der Waals surface area contributed by atoms with Crippen molar-refractivity contribution in [3.63, 3.8) is 0 Å². The minimum Gasteiger partial charge on any atom is -0.377 e. The SMILES string of the molecule is CC(Nc1c(Cl)cnc2ccc(-c3ccc(C(=O)NCCCCN)nc3)cc12)c1ccccc1F. The van der Waals surface area contributed by atoms with Gasteiger partial charge in [-0.3, -0.25) is 14.8 Å². The average Bonchev–Trinajstić information content (AvgIpc) is 2.88. The second-order valence-corrected chi connectivity index (χ2v) is 8.69. The summed E-state index contributed by atoms with van der Waals surface area (Å²) >= 11 is 6.51. The van der Waals surface area contributed by atoms with E-state index in [2.05, 4.69) is 20.6 Å². The van der Waals surface area contributed by atoms with E-state index in [1.807, 2.05) is 31.2 Å². The van der Waals surface area contributed by atoms with Crippen LogP contribution in [0.5, 0.6) is 0 Å². The molecule has 0 saturated heterocycles. The Labute approximate surface area is 208 Å². The van der Waals surface area contributed by atoms with E-state index in [0.717, 1.165) is 34.9 Å². The third kappa shape index (κ3) is 5.75. The number of unbranched alkanes of at least 4 members (excludes halogenated alkanes) is 1. The molecule has 1 amide bonds. The molecule has 0 spiro atoms. The predicted molar refractivity (Wildman–Crippen MR) is 139 cm³/mol. The summed E-state index contributed by atoms with van der Waals surface area (Å²) in [6, 6.07) is 15.7. The molecule has 2 aromatic heterocycles. The molecule has 0 aliphatic rings. The highest BCUT2D eigenvalue weighted by molar-refractivity contribution is 6.34. The number of pyridine rings is 2. The third-order valence-corrected chi connectivity index (χ3v) is 6.09. The highest BCUT2D eigenvalue weighted by atomic mass is 35.5. The Morgan fingerprint density at radius 2 is 1.86 bits per heavy atom. The second-order valence-electron chi connectivity index (χ2n) is 8.28. The Hall–Kier alpha value is -3.55. The van der Waals surface area contributed by atoms with Crippen LogP contribution in [0.2, 0.25) is 5.02 Å². The number of hydrogen-bond donors (Lipinski definition) is 3. The fraction of sp³-hybridized carbons (Fsp3) is 0.222. The summed E-state index contributed by atoms with van der Waals surface area (Å²) in [6.07, 6.45) is 4.95. The van der Waals surface area contributed by atoms with Crippen molar-refractivity contribution in [1.82, 2.24) is 15.3 Å². The number of aromatic nitrogens is 2. The van der Waals surface area contributed by atoms with Crippen LogP contribution in [0.1, 0.15) is 41.9 Å². The first kappa shape index (κ1) is 24.6. The Morgan fingerprint density at radius 1 is 1.06 bits per heavy atom. The summed E-state index contributed by atoms with van der Waals surface area (Å²) in [5, 5.41) is 7.45. The van der Waals surface area contributed by atoms with Gasteiger partial charge in [0.25, 0.3) is 5.91 Å². The molecule has 0 fully saturated rings. The van der Waals surface area contributed by atoms with Crippen molar-refractivity contribution in [1.29, 1.82) is 0 Å². The highest BCUT2D eigenvalue weighted by Gasteiger charge is 2.15. The number of anilines is 1. The molecule has 1 atom stereocenters. The molecule has 1 unspecified atom stereocenters. The molecule has 35 heavy (non-hydrogen) atoms. The predicted octanol–water partition coefficient (Wildman–Crippen LogP) is 5.73. The molecule has 0 aliphatic heterocycles. The van der Waals surface area contributed by atoms with Crippen LogP contribution in [0.25, 0.3) is 22.0 Å². The second kappa shape index (κ2) is 11.3. The molecule has 0 radical (unpaired) electrons. The molecule has 2 aromatic carbocycles. The van der Waals surface area contributed by atoms with Crippen molar-refractivity contribution in [3.8, 4) is 11.1 Å². The van der Waals surface area contributed by atoms with Crippen molar-refractivity contribution in [2.24, 2.45) is 5.73 Å². The molecule has 180 valence electrons. The molecule has 4 rings (SSSR count). The van der Waals surface area contributed by atoms with Gasteiger partial charge >= 0.3 is 0 Å². The van der Waals surface area contributed by atoms with Gasteiger partial charge in [0.15, 0.2) is 0 Å². The highest BCUT2D eigenvalue weighted by Crippen LogP contribution is 2.35. The molecule has 4 N–H and O–H groups in total. The number of carbonyl (C=O) groups excluding carboxylic acids is 1. The van der Waals surface area contributed by atoms with Crippen LogP contribution in [0, 0.1) is 5.82 Å². The van der Waals surface area contributed by atoms with Crippen LogP contribution in [-0.2, 0) is 0 Å². The number of benzene rings is 2. The summed E-state index contributed by atoms with van der Waals surface area (Å²) in [6.45, 7) is 3.06. The largest absolute Gasteiger partial charge is 0.377 e. The number of amides is 1. The van der Waals surface area contributed by atoms with Crippen molar-refractivity contribution < 1.29 is 9.18 Å². The minimum absolute atomic E-state index is 0.211. The molecular formula is C27H27ClFN5O. The number of hydrogen-bond acceptors (Lipinski definition) is 5. The van der Waals surface area contributed by atoms with Gasteiger partial charge in [0.1, 0.15) is 11.5 Å². The van der Waals surface area contributed by atoms with Gasteiger partial charge in [-0.2, -0.15) is 0 Å². The smallest absolute Gasteiger partial charge is 0.269 e. The molecular weight excluding hydrogens is 465 g/mol. The van der Waals surface area contributed by atoms with Gasteiger partial charge in [-0.25, -0.2) is 4.39 Å². The Kier molecular flexibility index (Phi) is 7.90. The van der Waals surface area contributed by atoms with Crippen LogP contribution >= 0.6 is 11.6 Å². The van der Waals surface area contributed by atoms with E-state index in [0.29, 0.717) is 35.1 Å². The first-order valence-electron chi connectivity index (χ1n) is 11.5. The number of nitrogens with one attached hydrogen (secondary N) is 2. The van der Waals surface area contributed by atoms with Gasteiger partial charge in [0.05, 0.1) is 22.3 Å². The number of fused-ring (bicyclic) bond motifs is 1. The molecule has 4 aromatic rings. The fourth-order valence-corrected chi connectivity index (χ4v) is 4.08. The van der Waals surface area contributed by atoms with E-state index in [9.17, 15) is 9.18 Å². The molecule has 0 saturated carbocycles. The zero-order chi connectivity index (χ0) is 24.8. The number of halogens is 2. The standard InChI is InChI=1S/C27H27ClFN5O/c1-17(20-6-2-3-7-23(20)29)34-26-21-14-18(8-10-24(21)33-16-22(26)28)19-9-11-25(32-15-19)27(35)31-13-5-4-12-30/h2-3,6-11,14-17H,4-5,12-13,30H2,1H3,(H,31,35)(H,33,34). The summed E-state index contributed by atoms with van der Waals surface area (Å²) in [5.41, 5.74) is 9.55. The summed E-state index contributed by atoms with van der Waals surface area (Å²) in [7, 11) is 0. The maximum Gasteiger partial charge on any atom is 0.269 e. The lowest BCUT2D eigenvalue weighted by Crippen LogP contribution is -2.25. The number of nitrogens with zero attached hydrogens (tertiary/aromatic N) is 2. The van der Waals surface area contributed by atoms with E-state index in [4.69, 9.17) is 17.3 Å². The molecule has 8 heteroatoms. The van der Waals surface area contributed by atoms with Gasteiger partial charge in [0.2, 0.25) is 0 Å². The van der Waals surface area contributed by atoms with Crippen LogP contribution in [-0.4, -0.2) is 29.0 Å². The van der Waals surface area contributed by atoms with E-state index in [1.54, 1.807) is 36.7 Å². The summed E-state index contributed by atoms with van der Waals surface area (Å²) in [4.78, 5) is 21.1. The fourth-order valence-electron chi connectivity index (χ4n) is 3.88. The van der Waals surface area contributed by atoms with Crippen molar-refractivity contribution in [2.75, 3.05) is 18.4 Å². The lowest BCUT2D eigenvalue weighted by molar-refractivity contribution is 0.0948.